The first kappa shape index (κ1) is 53.2. The summed E-state index contributed by atoms with van der Waals surface area (Å²) in [5.41, 5.74) is 10.9. The fraction of sp³-hybridized carbons (Fsp3) is 0.556. The van der Waals surface area contributed by atoms with E-state index in [2.05, 4.69) is 35.6 Å². The van der Waals surface area contributed by atoms with Crippen molar-refractivity contribution in [3.8, 4) is 0 Å². The number of nitrogens with one attached hydrogen (secondary N) is 4. The van der Waals surface area contributed by atoms with E-state index in [9.17, 15) is 14.4 Å². The molecule has 7 radical (unpaired) electrons. The Morgan fingerprint density at radius 2 is 1.23 bits per heavy atom. The van der Waals surface area contributed by atoms with Crippen LogP contribution >= 0.6 is 0 Å². The van der Waals surface area contributed by atoms with E-state index in [0.29, 0.717) is 25.7 Å². The van der Waals surface area contributed by atoms with Crippen LogP contribution in [0, 0.1) is 36.1 Å². The van der Waals surface area contributed by atoms with Crippen LogP contribution < -0.4 is 21.7 Å². The van der Waals surface area contributed by atoms with Crippen LogP contribution in [0.15, 0.2) is 0 Å². The number of rotatable bonds is 13. The molecule has 0 rings (SSSR count). The summed E-state index contributed by atoms with van der Waals surface area (Å²) in [4.78, 5) is 32.4. The van der Waals surface area contributed by atoms with Gasteiger partial charge < -0.3 is 45.7 Å². The molecule has 2 unspecified atom stereocenters. The minimum absolute atomic E-state index is 0. The predicted octanol–water partition coefficient (Wildman–Crippen LogP) is 0.469. The Kier molecular flexibility index (Phi) is 67.5. The zero-order valence-corrected chi connectivity index (χ0v) is 26.4. The van der Waals surface area contributed by atoms with Crippen LogP contribution in [0.4, 0.5) is 0 Å². The van der Waals surface area contributed by atoms with E-state index in [4.69, 9.17) is 15.7 Å². The third-order valence-electron chi connectivity index (χ3n) is 2.64. The van der Waals surface area contributed by atoms with Crippen molar-refractivity contribution >= 4 is 33.0 Å². The molecule has 2 atom stereocenters. The first-order valence-corrected chi connectivity index (χ1v) is 7.76. The van der Waals surface area contributed by atoms with Gasteiger partial charge in [-0.1, -0.05) is 6.04 Å². The van der Waals surface area contributed by atoms with Gasteiger partial charge in [0.25, 0.3) is 0 Å². The van der Waals surface area contributed by atoms with Gasteiger partial charge in [-0.2, -0.15) is 0 Å². The maximum absolute atomic E-state index is 11.1. The number of hydrogen-bond acceptors (Lipinski definition) is 7. The van der Waals surface area contributed by atoms with Crippen LogP contribution in [0.5, 0.6) is 0 Å². The largest absolute Gasteiger partial charge is 2.00 e. The molecular weight excluding hydrogens is 571 g/mol. The summed E-state index contributed by atoms with van der Waals surface area (Å²) in [6, 6.07) is -0.286. The number of ketones is 3. The minimum atomic E-state index is -0.190. The number of carbonyl (C=O) groups excluding carboxylic acids is 3. The van der Waals surface area contributed by atoms with Gasteiger partial charge in [0.1, 0.15) is 17.3 Å². The van der Waals surface area contributed by atoms with Crippen LogP contribution in [-0.4, -0.2) is 58.0 Å². The summed E-state index contributed by atoms with van der Waals surface area (Å²) >= 11 is 0. The van der Waals surface area contributed by atoms with Crippen molar-refractivity contribution in [2.75, 3.05) is 12.9 Å². The van der Waals surface area contributed by atoms with Crippen molar-refractivity contribution < 1.29 is 98.4 Å². The van der Waals surface area contributed by atoms with Gasteiger partial charge in [-0.25, -0.2) is 0 Å². The van der Waals surface area contributed by atoms with Gasteiger partial charge in [0.2, 0.25) is 0 Å². The van der Waals surface area contributed by atoms with E-state index in [1.165, 1.54) is 13.8 Å². The van der Waals surface area contributed by atoms with Crippen molar-refractivity contribution in [3.63, 3.8) is 0 Å². The Labute approximate surface area is 251 Å². The van der Waals surface area contributed by atoms with Crippen LogP contribution in [0.2, 0.25) is 0 Å². The number of carbonyl (C=O) groups is 3. The minimum Gasteiger partial charge on any atom is -0.358 e. The van der Waals surface area contributed by atoms with E-state index in [-0.39, 0.29) is 149 Å². The molecule has 0 bridgehead atoms. The Morgan fingerprint density at radius 3 is 1.57 bits per heavy atom. The first-order chi connectivity index (χ1) is 11.3. The molecule has 0 aliphatic carbocycles. The Hall–Kier alpha value is 1.77. The molecule has 0 heterocycles. The zero-order valence-electron chi connectivity index (χ0n) is 19.3. The standard InChI is InChI=1S/C9H16BN2O2.C6H12BN2O.3CH3.V.2Y/c1-3-9(14)5-8(4-7(2)13)12-11-6-10;1-5(3-6(2)10)9-8-4-7;;;;;;/h8,11-12H,1,3-6H2,2H3;5,8-9H,1,3-4H2,2H3;3*1H3;;;/q5*-1;+2;;. The number of hydrazine groups is 2. The molecule has 0 aromatic carbocycles. The van der Waals surface area contributed by atoms with E-state index in [1.807, 2.05) is 0 Å². The Bertz CT molecular complexity index is 389. The SMILES string of the molecule is [B]CNNC(CC(C)=O)CC(=O)C[CH2-].[B]CNNC([CH2-])CC(C)=O.[CH3-].[CH3-].[CH3-].[V+2].[Y].[Y]. The summed E-state index contributed by atoms with van der Waals surface area (Å²) in [6.07, 6.45) is 1.89. The molecule has 0 aromatic rings. The molecule has 0 amide bonds. The van der Waals surface area contributed by atoms with Gasteiger partial charge in [0, 0.05) is 84.3 Å². The van der Waals surface area contributed by atoms with Crippen LogP contribution in [0.3, 0.4) is 0 Å². The zero-order chi connectivity index (χ0) is 19.0. The maximum atomic E-state index is 11.1. The van der Waals surface area contributed by atoms with Crippen molar-refractivity contribution in [1.29, 1.82) is 0 Å². The van der Waals surface area contributed by atoms with Crippen LogP contribution in [0.25, 0.3) is 0 Å². The van der Waals surface area contributed by atoms with Gasteiger partial charge in [-0.3, -0.25) is 26.5 Å². The van der Waals surface area contributed by atoms with Crippen LogP contribution in [-0.2, 0) is 98.4 Å². The van der Waals surface area contributed by atoms with Crippen molar-refractivity contribution in [1.82, 2.24) is 21.7 Å². The molecule has 0 saturated heterocycles. The number of Topliss-reactive ketones (excluding diaryl/α,β-unsaturated/α-hetero) is 3. The molecule has 7 nitrogen and oxygen atoms in total. The maximum Gasteiger partial charge on any atom is 2.00 e. The average molecular weight is 608 g/mol. The molecule has 4 N–H and O–H groups in total. The van der Waals surface area contributed by atoms with E-state index >= 15 is 0 Å². The van der Waals surface area contributed by atoms with Gasteiger partial charge in [0.15, 0.2) is 0 Å². The molecule has 0 fully saturated rings. The summed E-state index contributed by atoms with van der Waals surface area (Å²) < 4.78 is 0. The molecule has 167 valence electrons. The predicted molar refractivity (Wildman–Crippen MR) is 116 cm³/mol. The van der Waals surface area contributed by atoms with Gasteiger partial charge in [0.05, 0.1) is 15.7 Å². The fourth-order valence-corrected chi connectivity index (χ4v) is 1.70. The van der Waals surface area contributed by atoms with Crippen molar-refractivity contribution in [2.24, 2.45) is 0 Å². The fourth-order valence-electron chi connectivity index (χ4n) is 1.70. The summed E-state index contributed by atoms with van der Waals surface area (Å²) in [5.74, 6) is 0.187. The van der Waals surface area contributed by atoms with E-state index < -0.39 is 0 Å². The van der Waals surface area contributed by atoms with Crippen LogP contribution in [0.1, 0.15) is 39.5 Å². The van der Waals surface area contributed by atoms with E-state index in [1.54, 1.807) is 0 Å². The Balaban J connectivity index is -0.0000000463. The third kappa shape index (κ3) is 43.6. The van der Waals surface area contributed by atoms with E-state index in [0.717, 1.165) is 0 Å². The normalized spacial score (nSPS) is 10.1. The van der Waals surface area contributed by atoms with Gasteiger partial charge >= 0.3 is 18.6 Å². The van der Waals surface area contributed by atoms with Crippen molar-refractivity contribution in [3.05, 3.63) is 36.1 Å². The second kappa shape index (κ2) is 38.1. The summed E-state index contributed by atoms with van der Waals surface area (Å²) in [5, 5.41) is 0. The van der Waals surface area contributed by atoms with Crippen molar-refractivity contribution in [2.45, 2.75) is 51.6 Å². The molecule has 0 aliphatic rings. The molecule has 0 saturated carbocycles. The molecular formula is C18H37B2N4O3VY2-3. The first-order valence-electron chi connectivity index (χ1n) is 7.76. The third-order valence-corrected chi connectivity index (χ3v) is 2.64. The molecule has 0 spiro atoms. The molecule has 0 aromatic heterocycles. The quantitative estimate of drug-likeness (QED) is 0.137. The average Bonchev–Trinajstić information content (AvgIpc) is 2.49. The second-order valence-corrected chi connectivity index (χ2v) is 5.25. The second-order valence-electron chi connectivity index (χ2n) is 5.25. The monoisotopic (exact) mass is 608 g/mol. The number of hydrogen-bond donors (Lipinski definition) is 4. The summed E-state index contributed by atoms with van der Waals surface area (Å²) in [6.45, 7) is 10.2. The smallest absolute Gasteiger partial charge is 0.358 e. The summed E-state index contributed by atoms with van der Waals surface area (Å²) in [7, 11) is 10.3. The molecule has 30 heavy (non-hydrogen) atoms. The molecule has 12 heteroatoms. The van der Waals surface area contributed by atoms with Gasteiger partial charge in [-0.05, 0) is 33.2 Å². The topological polar surface area (TPSA) is 99.3 Å². The molecule has 0 aliphatic heterocycles. The van der Waals surface area contributed by atoms with Gasteiger partial charge in [-0.15, -0.1) is 6.42 Å². The Morgan fingerprint density at radius 1 is 0.833 bits per heavy atom.